The zero-order valence-corrected chi connectivity index (χ0v) is 17.7. The van der Waals surface area contributed by atoms with Gasteiger partial charge in [0.15, 0.2) is 0 Å². The van der Waals surface area contributed by atoms with Gasteiger partial charge in [-0.1, -0.05) is 26.7 Å². The van der Waals surface area contributed by atoms with Gasteiger partial charge in [-0.05, 0) is 56.3 Å². The van der Waals surface area contributed by atoms with Crippen molar-refractivity contribution >= 4 is 21.7 Å². The summed E-state index contributed by atoms with van der Waals surface area (Å²) in [5, 5.41) is 18.5. The molecule has 0 amide bonds. The van der Waals surface area contributed by atoms with Crippen LogP contribution in [0, 0.1) is 0 Å². The van der Waals surface area contributed by atoms with Gasteiger partial charge < -0.3 is 15.3 Å². The van der Waals surface area contributed by atoms with Gasteiger partial charge in [-0.3, -0.25) is 0 Å². The molecule has 1 saturated heterocycles. The number of carboxylic acids is 1. The Bertz CT molecular complexity index is 766. The molecule has 0 aliphatic carbocycles. The monoisotopic (exact) mass is 411 g/mol. The summed E-state index contributed by atoms with van der Waals surface area (Å²) in [5.41, 5.74) is 1.29. The van der Waals surface area contributed by atoms with Crippen LogP contribution in [0.3, 0.4) is 0 Å². The van der Waals surface area contributed by atoms with Gasteiger partial charge in [0.2, 0.25) is 10.0 Å². The van der Waals surface area contributed by atoms with E-state index < -0.39 is 16.0 Å². The van der Waals surface area contributed by atoms with E-state index in [1.807, 2.05) is 0 Å². The molecular formula is C20H33N3O4S. The van der Waals surface area contributed by atoms with Crippen LogP contribution in [-0.4, -0.2) is 45.2 Å². The van der Waals surface area contributed by atoms with Crippen LogP contribution in [0.1, 0.15) is 68.3 Å². The number of nitrogens with two attached hydrogens (primary N) is 1. The average molecular weight is 412 g/mol. The van der Waals surface area contributed by atoms with Crippen molar-refractivity contribution in [1.29, 1.82) is 0 Å². The Hall–Kier alpha value is -1.64. The van der Waals surface area contributed by atoms with Gasteiger partial charge in [-0.15, -0.1) is 0 Å². The number of aromatic carboxylic acids is 1. The highest BCUT2D eigenvalue weighted by molar-refractivity contribution is 7.89. The first-order valence-corrected chi connectivity index (χ1v) is 11.7. The number of anilines is 1. The van der Waals surface area contributed by atoms with Crippen LogP contribution in [0.15, 0.2) is 17.0 Å². The fourth-order valence-corrected chi connectivity index (χ4v) is 4.55. The maximum Gasteiger partial charge on any atom is 0.335 e. The fourth-order valence-electron chi connectivity index (χ4n) is 3.72. The van der Waals surface area contributed by atoms with Crippen LogP contribution < -0.4 is 15.4 Å². The lowest BCUT2D eigenvalue weighted by atomic mass is 9.99. The number of nitrogens with one attached hydrogen (secondary N) is 1. The van der Waals surface area contributed by atoms with Gasteiger partial charge in [0.1, 0.15) is 0 Å². The van der Waals surface area contributed by atoms with Crippen molar-refractivity contribution in [2.75, 3.05) is 24.5 Å². The highest BCUT2D eigenvalue weighted by Gasteiger charge is 2.27. The normalized spacial score (nSPS) is 17.0. The molecule has 0 bridgehead atoms. The van der Waals surface area contributed by atoms with Crippen molar-refractivity contribution in [3.05, 3.63) is 23.3 Å². The number of primary sulfonamides is 1. The lowest BCUT2D eigenvalue weighted by Crippen LogP contribution is -2.31. The van der Waals surface area contributed by atoms with Crippen molar-refractivity contribution in [1.82, 2.24) is 5.32 Å². The predicted octanol–water partition coefficient (Wildman–Crippen LogP) is 2.73. The number of nitrogens with zero attached hydrogens (tertiary/aromatic N) is 1. The second kappa shape index (κ2) is 10.2. The minimum absolute atomic E-state index is 0.0415. The van der Waals surface area contributed by atoms with Crippen LogP contribution in [0.2, 0.25) is 0 Å². The molecule has 1 fully saturated rings. The molecule has 4 N–H and O–H groups in total. The summed E-state index contributed by atoms with van der Waals surface area (Å²) in [7, 11) is -4.05. The summed E-state index contributed by atoms with van der Waals surface area (Å²) >= 11 is 0. The largest absolute Gasteiger partial charge is 0.478 e. The van der Waals surface area contributed by atoms with Crippen molar-refractivity contribution < 1.29 is 18.3 Å². The van der Waals surface area contributed by atoms with E-state index in [1.54, 1.807) is 6.07 Å². The van der Waals surface area contributed by atoms with Crippen LogP contribution in [-0.2, 0) is 16.4 Å². The molecule has 0 saturated carbocycles. The minimum atomic E-state index is -4.05. The van der Waals surface area contributed by atoms with Gasteiger partial charge in [0.25, 0.3) is 0 Å². The van der Waals surface area contributed by atoms with Gasteiger partial charge in [-0.25, -0.2) is 18.4 Å². The average Bonchev–Trinajstić information content (AvgIpc) is 3.14. The molecule has 1 aliphatic rings. The topological polar surface area (TPSA) is 113 Å². The number of benzene rings is 1. The quantitative estimate of drug-likeness (QED) is 0.516. The van der Waals surface area contributed by atoms with Gasteiger partial charge >= 0.3 is 5.97 Å². The summed E-state index contributed by atoms with van der Waals surface area (Å²) in [6.07, 6.45) is 6.45. The second-order valence-corrected chi connectivity index (χ2v) is 9.04. The molecule has 158 valence electrons. The summed E-state index contributed by atoms with van der Waals surface area (Å²) < 4.78 is 24.7. The van der Waals surface area contributed by atoms with Gasteiger partial charge in [-0.2, -0.15) is 0 Å². The molecule has 0 spiro atoms. The molecule has 7 nitrogen and oxygen atoms in total. The molecule has 0 aromatic heterocycles. The van der Waals surface area contributed by atoms with E-state index in [0.717, 1.165) is 58.2 Å². The van der Waals surface area contributed by atoms with Gasteiger partial charge in [0.05, 0.1) is 10.5 Å². The van der Waals surface area contributed by atoms with Crippen LogP contribution in [0.25, 0.3) is 0 Å². The van der Waals surface area contributed by atoms with E-state index >= 15 is 0 Å². The van der Waals surface area contributed by atoms with E-state index in [1.165, 1.54) is 6.07 Å². The Balaban J connectivity index is 2.62. The summed E-state index contributed by atoms with van der Waals surface area (Å²) in [6.45, 7) is 6.63. The highest BCUT2D eigenvalue weighted by atomic mass is 32.2. The first kappa shape index (κ1) is 22.6. The summed E-state index contributed by atoms with van der Waals surface area (Å²) in [4.78, 5) is 13.7. The Morgan fingerprint density at radius 1 is 1.25 bits per heavy atom. The highest BCUT2D eigenvalue weighted by Crippen LogP contribution is 2.32. The zero-order chi connectivity index (χ0) is 20.7. The predicted molar refractivity (Wildman–Crippen MR) is 112 cm³/mol. The number of carboxylic acid groups (broad SMARTS) is 1. The molecule has 1 atom stereocenters. The third-order valence-corrected chi connectivity index (χ3v) is 6.23. The lowest BCUT2D eigenvalue weighted by Gasteiger charge is -2.29. The maximum atomic E-state index is 12.4. The summed E-state index contributed by atoms with van der Waals surface area (Å²) in [6, 6.07) is 3.00. The van der Waals surface area contributed by atoms with Gasteiger partial charge in [0, 0.05) is 24.8 Å². The minimum Gasteiger partial charge on any atom is -0.478 e. The smallest absolute Gasteiger partial charge is 0.335 e. The molecular weight excluding hydrogens is 378 g/mol. The van der Waals surface area contributed by atoms with Crippen molar-refractivity contribution in [2.24, 2.45) is 5.14 Å². The number of rotatable bonds is 11. The number of hydrogen-bond donors (Lipinski definition) is 3. The maximum absolute atomic E-state index is 12.4. The first-order chi connectivity index (χ1) is 13.3. The van der Waals surface area contributed by atoms with Crippen LogP contribution in [0.5, 0.6) is 0 Å². The lowest BCUT2D eigenvalue weighted by molar-refractivity contribution is 0.0696. The van der Waals surface area contributed by atoms with E-state index in [9.17, 15) is 18.3 Å². The fraction of sp³-hybridized carbons (Fsp3) is 0.650. The molecule has 1 aliphatic heterocycles. The van der Waals surface area contributed by atoms with Crippen molar-refractivity contribution in [2.45, 2.75) is 69.7 Å². The van der Waals surface area contributed by atoms with E-state index in [4.69, 9.17) is 5.14 Å². The van der Waals surface area contributed by atoms with E-state index in [2.05, 4.69) is 24.1 Å². The molecule has 1 heterocycles. The molecule has 1 aromatic rings. The standard InChI is InChI=1S/C20H33N3O4S/c1-3-5-10-23(11-6-4-2)18-12-15(20(24)25)13-19(28(21,26)27)17(18)14-16-8-7-9-22-16/h12-13,16,22H,3-11,14H2,1-2H3,(H,24,25)(H2,21,26,27). The second-order valence-electron chi connectivity index (χ2n) is 7.51. The van der Waals surface area contributed by atoms with Crippen molar-refractivity contribution in [3.63, 3.8) is 0 Å². The third-order valence-electron chi connectivity index (χ3n) is 5.26. The molecule has 8 heteroatoms. The first-order valence-electron chi connectivity index (χ1n) is 10.2. The Morgan fingerprint density at radius 2 is 1.89 bits per heavy atom. The summed E-state index contributed by atoms with van der Waals surface area (Å²) in [5.74, 6) is -1.15. The Kier molecular flexibility index (Phi) is 8.27. The number of hydrogen-bond acceptors (Lipinski definition) is 5. The van der Waals surface area contributed by atoms with Crippen LogP contribution >= 0.6 is 0 Å². The molecule has 2 rings (SSSR count). The SMILES string of the molecule is CCCCN(CCCC)c1cc(C(=O)O)cc(S(N)(=O)=O)c1CC1CCCN1. The third kappa shape index (κ3) is 5.93. The Morgan fingerprint density at radius 3 is 2.36 bits per heavy atom. The molecule has 1 unspecified atom stereocenters. The van der Waals surface area contributed by atoms with E-state index in [-0.39, 0.29) is 16.5 Å². The van der Waals surface area contributed by atoms with Crippen molar-refractivity contribution in [3.8, 4) is 0 Å². The number of unbranched alkanes of at least 4 members (excludes halogenated alkanes) is 2. The number of sulfonamides is 1. The molecule has 28 heavy (non-hydrogen) atoms. The molecule has 1 aromatic carbocycles. The number of carbonyl (C=O) groups is 1. The zero-order valence-electron chi connectivity index (χ0n) is 16.9. The van der Waals surface area contributed by atoms with E-state index in [0.29, 0.717) is 17.7 Å². The van der Waals surface area contributed by atoms with Crippen LogP contribution in [0.4, 0.5) is 5.69 Å². The Labute approximate surface area is 168 Å². The molecule has 0 radical (unpaired) electrons.